The number of rotatable bonds is 6. The molecule has 0 bridgehead atoms. The Labute approximate surface area is 212 Å². The van der Waals surface area contributed by atoms with Crippen LogP contribution in [0, 0.1) is 22.0 Å². The summed E-state index contributed by atoms with van der Waals surface area (Å²) >= 11 is 0. The molecule has 0 aliphatic carbocycles. The van der Waals surface area contributed by atoms with E-state index in [2.05, 4.69) is 5.32 Å². The normalized spacial score (nSPS) is 25.2. The third-order valence-corrected chi connectivity index (χ3v) is 6.84. The van der Waals surface area contributed by atoms with Crippen LogP contribution in [0.4, 0.5) is 5.69 Å². The van der Waals surface area contributed by atoms with Crippen molar-refractivity contribution in [3.63, 3.8) is 0 Å². The highest BCUT2D eigenvalue weighted by Gasteiger charge is 2.69. The number of hydrogen-bond acceptors (Lipinski definition) is 8. The monoisotopic (exact) mass is 509 g/mol. The Bertz CT molecular complexity index is 1280. The summed E-state index contributed by atoms with van der Waals surface area (Å²) in [6.45, 7) is 6.39. The van der Waals surface area contributed by atoms with Gasteiger partial charge in [-0.15, -0.1) is 0 Å². The highest BCUT2D eigenvalue weighted by Crippen LogP contribution is 2.51. The first-order valence-corrected chi connectivity index (χ1v) is 11.7. The van der Waals surface area contributed by atoms with Crippen LogP contribution < -0.4 is 10.1 Å². The summed E-state index contributed by atoms with van der Waals surface area (Å²) in [5.41, 5.74) is -1.87. The summed E-state index contributed by atoms with van der Waals surface area (Å²) in [7, 11) is 0. The number of carboxylic acids is 1. The molecule has 0 spiro atoms. The van der Waals surface area contributed by atoms with Gasteiger partial charge >= 0.3 is 11.9 Å². The lowest BCUT2D eigenvalue weighted by Crippen LogP contribution is -2.58. The number of hydrogen-bond donors (Lipinski definition) is 2. The summed E-state index contributed by atoms with van der Waals surface area (Å²) in [4.78, 5) is 63.2. The molecular formula is C26H27N3O8. The quantitative estimate of drug-likeness (QED) is 0.196. The zero-order chi connectivity index (χ0) is 27.3. The number of benzene rings is 2. The Morgan fingerprint density at radius 2 is 1.68 bits per heavy atom. The van der Waals surface area contributed by atoms with Gasteiger partial charge in [-0.1, -0.05) is 24.3 Å². The Morgan fingerprint density at radius 3 is 2.16 bits per heavy atom. The maximum Gasteiger partial charge on any atom is 0.325 e. The number of nitro groups is 1. The molecule has 11 nitrogen and oxygen atoms in total. The van der Waals surface area contributed by atoms with Crippen LogP contribution in [0.2, 0.25) is 0 Å². The van der Waals surface area contributed by atoms with Crippen molar-refractivity contribution in [3.8, 4) is 5.75 Å². The van der Waals surface area contributed by atoms with E-state index in [4.69, 9.17) is 4.74 Å². The van der Waals surface area contributed by atoms with E-state index in [1.807, 2.05) is 0 Å². The molecule has 194 valence electrons. The van der Waals surface area contributed by atoms with Crippen molar-refractivity contribution in [2.45, 2.75) is 51.2 Å². The predicted octanol–water partition coefficient (Wildman–Crippen LogP) is 2.63. The average molecular weight is 510 g/mol. The minimum absolute atomic E-state index is 0.151. The van der Waals surface area contributed by atoms with Crippen molar-refractivity contribution in [1.29, 1.82) is 0 Å². The molecule has 37 heavy (non-hydrogen) atoms. The van der Waals surface area contributed by atoms with Gasteiger partial charge in [0.05, 0.1) is 16.8 Å². The van der Waals surface area contributed by atoms with E-state index < -0.39 is 57.6 Å². The second-order valence-electron chi connectivity index (χ2n) is 10.3. The van der Waals surface area contributed by atoms with Crippen LogP contribution in [0.5, 0.6) is 5.75 Å². The number of carbonyl (C=O) groups excluding carboxylic acids is 3. The number of carboxylic acid groups (broad SMARTS) is 1. The van der Waals surface area contributed by atoms with Gasteiger partial charge in [0.1, 0.15) is 11.3 Å². The van der Waals surface area contributed by atoms with Crippen molar-refractivity contribution in [2.24, 2.45) is 11.8 Å². The van der Waals surface area contributed by atoms with Crippen molar-refractivity contribution >= 4 is 29.4 Å². The number of esters is 1. The molecule has 4 rings (SSSR count). The first-order chi connectivity index (χ1) is 17.3. The van der Waals surface area contributed by atoms with Crippen molar-refractivity contribution in [2.75, 3.05) is 0 Å². The van der Waals surface area contributed by atoms with E-state index in [-0.39, 0.29) is 17.9 Å². The lowest BCUT2D eigenvalue weighted by Gasteiger charge is -2.35. The van der Waals surface area contributed by atoms with Gasteiger partial charge in [-0.3, -0.25) is 39.5 Å². The number of likely N-dealkylation sites (tertiary alicyclic amines) is 1. The van der Waals surface area contributed by atoms with E-state index >= 15 is 0 Å². The van der Waals surface area contributed by atoms with Crippen LogP contribution >= 0.6 is 0 Å². The number of carbonyl (C=O) groups is 4. The molecule has 4 atom stereocenters. The van der Waals surface area contributed by atoms with Gasteiger partial charge in [-0.05, 0) is 44.0 Å². The number of nitro benzene ring substituents is 1. The van der Waals surface area contributed by atoms with Crippen molar-refractivity contribution in [3.05, 3.63) is 69.8 Å². The molecule has 11 heteroatoms. The van der Waals surface area contributed by atoms with Crippen LogP contribution in [0.1, 0.15) is 44.9 Å². The zero-order valence-corrected chi connectivity index (χ0v) is 20.8. The fourth-order valence-corrected chi connectivity index (χ4v) is 5.35. The minimum atomic E-state index is -1.85. The third kappa shape index (κ3) is 4.46. The average Bonchev–Trinajstić information content (AvgIpc) is 3.28. The molecule has 0 aromatic heterocycles. The van der Waals surface area contributed by atoms with E-state index in [1.165, 1.54) is 43.3 Å². The second-order valence-corrected chi connectivity index (χ2v) is 10.3. The van der Waals surface area contributed by atoms with E-state index in [1.54, 1.807) is 32.9 Å². The fourth-order valence-electron chi connectivity index (χ4n) is 5.35. The number of nitrogens with one attached hydrogen (secondary N) is 1. The number of fused-ring (bicyclic) bond motifs is 1. The highest BCUT2D eigenvalue weighted by atomic mass is 16.6. The van der Waals surface area contributed by atoms with Crippen LogP contribution in [-0.4, -0.2) is 49.8 Å². The van der Waals surface area contributed by atoms with Crippen molar-refractivity contribution in [1.82, 2.24) is 10.2 Å². The number of imide groups is 1. The number of non-ortho nitro benzene ring substituents is 1. The first kappa shape index (κ1) is 26.0. The molecule has 2 aromatic carbocycles. The lowest BCUT2D eigenvalue weighted by molar-refractivity contribution is -0.384. The smallest absolute Gasteiger partial charge is 0.325 e. The molecule has 2 aliphatic rings. The summed E-state index contributed by atoms with van der Waals surface area (Å²) in [6.07, 6.45) is -0.180. The Hall–Kier alpha value is -4.12. The van der Waals surface area contributed by atoms with Gasteiger partial charge in [-0.25, -0.2) is 0 Å². The molecule has 2 heterocycles. The van der Waals surface area contributed by atoms with Gasteiger partial charge in [-0.2, -0.15) is 0 Å². The van der Waals surface area contributed by atoms with Gasteiger partial charge in [0, 0.05) is 37.1 Å². The van der Waals surface area contributed by atoms with Crippen LogP contribution in [-0.2, 0) is 25.6 Å². The SMILES string of the molecule is CC(=O)Oc1ccc(C2NC(Cc3ccc([N+](=O)[O-])cc3)(C(=O)O)C3C(=O)N(C(C)(C)C)C(=O)C23)cc1. The minimum Gasteiger partial charge on any atom is -0.480 e. The fraction of sp³-hybridized carbons (Fsp3) is 0.385. The third-order valence-electron chi connectivity index (χ3n) is 6.84. The van der Waals surface area contributed by atoms with Gasteiger partial charge in [0.2, 0.25) is 11.8 Å². The zero-order valence-electron chi connectivity index (χ0n) is 20.8. The van der Waals surface area contributed by atoms with E-state index in [0.717, 1.165) is 4.90 Å². The molecule has 2 fully saturated rings. The maximum atomic E-state index is 13.7. The lowest BCUT2D eigenvalue weighted by atomic mass is 9.76. The Balaban J connectivity index is 1.81. The van der Waals surface area contributed by atoms with Crippen LogP contribution in [0.25, 0.3) is 0 Å². The first-order valence-electron chi connectivity index (χ1n) is 11.7. The molecule has 0 saturated carbocycles. The number of amides is 2. The van der Waals surface area contributed by atoms with Gasteiger partial charge in [0.25, 0.3) is 5.69 Å². The molecule has 2 N–H and O–H groups in total. The predicted molar refractivity (Wildman–Crippen MR) is 129 cm³/mol. The number of nitrogens with zero attached hydrogens (tertiary/aromatic N) is 2. The molecule has 2 saturated heterocycles. The summed E-state index contributed by atoms with van der Waals surface area (Å²) in [5, 5.41) is 24.7. The van der Waals surface area contributed by atoms with Gasteiger partial charge in [0.15, 0.2) is 0 Å². The van der Waals surface area contributed by atoms with Crippen LogP contribution in [0.15, 0.2) is 48.5 Å². The van der Waals surface area contributed by atoms with Crippen molar-refractivity contribution < 1.29 is 33.9 Å². The maximum absolute atomic E-state index is 13.7. The molecule has 2 aliphatic heterocycles. The Kier molecular flexibility index (Phi) is 6.37. The largest absolute Gasteiger partial charge is 0.480 e. The summed E-state index contributed by atoms with van der Waals surface area (Å²) in [6, 6.07) is 10.9. The molecule has 2 amide bonds. The highest BCUT2D eigenvalue weighted by molar-refractivity contribution is 6.10. The van der Waals surface area contributed by atoms with Gasteiger partial charge < -0.3 is 9.84 Å². The molecule has 2 aromatic rings. The topological polar surface area (TPSA) is 156 Å². The Morgan fingerprint density at radius 1 is 1.08 bits per heavy atom. The second kappa shape index (κ2) is 9.07. The molecule has 0 radical (unpaired) electrons. The van der Waals surface area contributed by atoms with Crippen LogP contribution in [0.3, 0.4) is 0 Å². The number of aliphatic carboxylic acids is 1. The van der Waals surface area contributed by atoms with E-state index in [0.29, 0.717) is 11.1 Å². The summed E-state index contributed by atoms with van der Waals surface area (Å²) in [5.74, 6) is -4.81. The molecular weight excluding hydrogens is 482 g/mol. The molecule has 4 unspecified atom stereocenters. The standard InChI is InChI=1S/C26H27N3O8/c1-14(30)37-18-11-7-16(8-12-18)21-19-20(23(32)28(22(19)31)25(2,3)4)26(27-21,24(33)34)13-15-5-9-17(10-6-15)29(35)36/h5-12,19-21,27H,13H2,1-4H3,(H,33,34). The summed E-state index contributed by atoms with van der Waals surface area (Å²) < 4.78 is 5.07. The number of ether oxygens (including phenoxy) is 1. The van der Waals surface area contributed by atoms with E-state index in [9.17, 15) is 34.4 Å².